The van der Waals surface area contributed by atoms with Crippen molar-refractivity contribution in [2.75, 3.05) is 7.05 Å². The van der Waals surface area contributed by atoms with E-state index in [1.165, 1.54) is 11.6 Å². The van der Waals surface area contributed by atoms with Crippen molar-refractivity contribution in [3.63, 3.8) is 0 Å². The number of hydrogen-bond acceptors (Lipinski definition) is 2. The number of ether oxygens (including phenoxy) is 1. The Labute approximate surface area is 113 Å². The lowest BCUT2D eigenvalue weighted by Crippen LogP contribution is -2.05. The molecule has 0 radical (unpaired) electrons. The average molecular weight is 259 g/mol. The van der Waals surface area contributed by atoms with E-state index in [2.05, 4.69) is 17.4 Å². The third kappa shape index (κ3) is 3.80. The van der Waals surface area contributed by atoms with Crippen LogP contribution in [0.1, 0.15) is 16.7 Å². The Hall–Kier alpha value is -1.87. The molecule has 0 unspecified atom stereocenters. The highest BCUT2D eigenvalue weighted by Crippen LogP contribution is 2.17. The molecule has 0 saturated heterocycles. The SMILES string of the molecule is CNCc1ccc(COc2ccc(F)c(C)c2)cc1. The molecule has 0 atom stereocenters. The number of rotatable bonds is 5. The van der Waals surface area contributed by atoms with Gasteiger partial charge in [-0.1, -0.05) is 24.3 Å². The predicted molar refractivity (Wildman–Crippen MR) is 74.7 cm³/mol. The quantitative estimate of drug-likeness (QED) is 0.888. The third-order valence-corrected chi connectivity index (χ3v) is 2.94. The number of nitrogens with one attached hydrogen (secondary N) is 1. The topological polar surface area (TPSA) is 21.3 Å². The molecule has 0 heterocycles. The first-order valence-electron chi connectivity index (χ1n) is 6.30. The molecule has 0 spiro atoms. The van der Waals surface area contributed by atoms with Gasteiger partial charge in [-0.15, -0.1) is 0 Å². The Balaban J connectivity index is 1.96. The largest absolute Gasteiger partial charge is 0.489 e. The molecule has 0 amide bonds. The van der Waals surface area contributed by atoms with Crippen LogP contribution in [-0.4, -0.2) is 7.05 Å². The van der Waals surface area contributed by atoms with Crippen LogP contribution >= 0.6 is 0 Å². The summed E-state index contributed by atoms with van der Waals surface area (Å²) in [6, 6.07) is 13.0. The second-order valence-corrected chi connectivity index (χ2v) is 4.55. The Morgan fingerprint density at radius 3 is 2.37 bits per heavy atom. The van der Waals surface area contributed by atoms with Crippen molar-refractivity contribution in [2.24, 2.45) is 0 Å². The molecule has 2 rings (SSSR count). The van der Waals surface area contributed by atoms with Gasteiger partial charge < -0.3 is 10.1 Å². The van der Waals surface area contributed by atoms with Gasteiger partial charge in [-0.25, -0.2) is 4.39 Å². The zero-order valence-corrected chi connectivity index (χ0v) is 11.2. The summed E-state index contributed by atoms with van der Waals surface area (Å²) in [4.78, 5) is 0. The van der Waals surface area contributed by atoms with Gasteiger partial charge in [0.05, 0.1) is 0 Å². The van der Waals surface area contributed by atoms with Crippen LogP contribution < -0.4 is 10.1 Å². The molecule has 0 aromatic heterocycles. The highest BCUT2D eigenvalue weighted by molar-refractivity contribution is 5.29. The monoisotopic (exact) mass is 259 g/mol. The highest BCUT2D eigenvalue weighted by Gasteiger charge is 2.00. The summed E-state index contributed by atoms with van der Waals surface area (Å²) in [7, 11) is 1.92. The van der Waals surface area contributed by atoms with Crippen LogP contribution in [0.15, 0.2) is 42.5 Å². The molecular weight excluding hydrogens is 241 g/mol. The Bertz CT molecular complexity index is 537. The molecule has 2 nitrogen and oxygen atoms in total. The fraction of sp³-hybridized carbons (Fsp3) is 0.250. The Morgan fingerprint density at radius 2 is 1.74 bits per heavy atom. The molecule has 0 aliphatic rings. The van der Waals surface area contributed by atoms with E-state index >= 15 is 0 Å². The van der Waals surface area contributed by atoms with Crippen molar-refractivity contribution < 1.29 is 9.13 Å². The smallest absolute Gasteiger partial charge is 0.126 e. The van der Waals surface area contributed by atoms with Crippen LogP contribution in [0.4, 0.5) is 4.39 Å². The molecule has 0 aliphatic carbocycles. The van der Waals surface area contributed by atoms with Gasteiger partial charge >= 0.3 is 0 Å². The van der Waals surface area contributed by atoms with E-state index < -0.39 is 0 Å². The van der Waals surface area contributed by atoms with Crippen LogP contribution in [0, 0.1) is 12.7 Å². The van der Waals surface area contributed by atoms with E-state index in [0.29, 0.717) is 17.9 Å². The third-order valence-electron chi connectivity index (χ3n) is 2.94. The van der Waals surface area contributed by atoms with Gasteiger partial charge in [0.2, 0.25) is 0 Å². The van der Waals surface area contributed by atoms with Crippen LogP contribution in [0.25, 0.3) is 0 Å². The lowest BCUT2D eigenvalue weighted by Gasteiger charge is -2.08. The average Bonchev–Trinajstić information content (AvgIpc) is 2.42. The summed E-state index contributed by atoms with van der Waals surface area (Å²) in [6.45, 7) is 3.08. The molecule has 0 saturated carbocycles. The minimum absolute atomic E-state index is 0.205. The maximum atomic E-state index is 13.1. The standard InChI is InChI=1S/C16H18FNO/c1-12-9-15(7-8-16(12)17)19-11-14-5-3-13(4-6-14)10-18-2/h3-9,18H,10-11H2,1-2H3. The molecule has 0 fully saturated rings. The van der Waals surface area contributed by atoms with E-state index in [0.717, 1.165) is 12.1 Å². The fourth-order valence-corrected chi connectivity index (χ4v) is 1.83. The lowest BCUT2D eigenvalue weighted by atomic mass is 10.1. The van der Waals surface area contributed by atoms with E-state index in [-0.39, 0.29) is 5.82 Å². The number of halogens is 1. The van der Waals surface area contributed by atoms with Gasteiger partial charge in [-0.3, -0.25) is 0 Å². The Kier molecular flexibility index (Phi) is 4.53. The van der Waals surface area contributed by atoms with Gasteiger partial charge in [0.15, 0.2) is 0 Å². The second kappa shape index (κ2) is 6.34. The lowest BCUT2D eigenvalue weighted by molar-refractivity contribution is 0.305. The van der Waals surface area contributed by atoms with Crippen LogP contribution in [-0.2, 0) is 13.2 Å². The van der Waals surface area contributed by atoms with Crippen molar-refractivity contribution in [2.45, 2.75) is 20.1 Å². The summed E-state index contributed by atoms with van der Waals surface area (Å²) in [6.07, 6.45) is 0. The second-order valence-electron chi connectivity index (χ2n) is 4.55. The summed E-state index contributed by atoms with van der Waals surface area (Å²) in [5, 5.41) is 3.11. The first kappa shape index (κ1) is 13.6. The highest BCUT2D eigenvalue weighted by atomic mass is 19.1. The van der Waals surface area contributed by atoms with Gasteiger partial charge in [0.1, 0.15) is 18.2 Å². The van der Waals surface area contributed by atoms with Crippen molar-refractivity contribution in [1.29, 1.82) is 0 Å². The molecule has 1 N–H and O–H groups in total. The summed E-state index contributed by atoms with van der Waals surface area (Å²) in [5.41, 5.74) is 2.94. The van der Waals surface area contributed by atoms with E-state index in [9.17, 15) is 4.39 Å². The molecular formula is C16H18FNO. The molecule has 0 aliphatic heterocycles. The minimum atomic E-state index is -0.205. The van der Waals surface area contributed by atoms with Crippen LogP contribution in [0.3, 0.4) is 0 Å². The Morgan fingerprint density at radius 1 is 1.05 bits per heavy atom. The van der Waals surface area contributed by atoms with Gasteiger partial charge in [-0.05, 0) is 48.9 Å². The molecule has 100 valence electrons. The van der Waals surface area contributed by atoms with Crippen molar-refractivity contribution in [1.82, 2.24) is 5.32 Å². The van der Waals surface area contributed by atoms with Crippen molar-refractivity contribution in [3.8, 4) is 5.75 Å². The predicted octanol–water partition coefficient (Wildman–Crippen LogP) is 3.43. The number of hydrogen-bond donors (Lipinski definition) is 1. The van der Waals surface area contributed by atoms with Gasteiger partial charge in [0, 0.05) is 6.54 Å². The van der Waals surface area contributed by atoms with Gasteiger partial charge in [-0.2, -0.15) is 0 Å². The zero-order chi connectivity index (χ0) is 13.7. The molecule has 2 aromatic rings. The maximum absolute atomic E-state index is 13.1. The van der Waals surface area contributed by atoms with Crippen molar-refractivity contribution in [3.05, 3.63) is 65.0 Å². The molecule has 0 bridgehead atoms. The zero-order valence-electron chi connectivity index (χ0n) is 11.2. The first-order chi connectivity index (χ1) is 9.19. The van der Waals surface area contributed by atoms with E-state index in [1.54, 1.807) is 19.1 Å². The summed E-state index contributed by atoms with van der Waals surface area (Å²) in [5.74, 6) is 0.488. The molecule has 3 heteroatoms. The summed E-state index contributed by atoms with van der Waals surface area (Å²) < 4.78 is 18.8. The number of benzene rings is 2. The van der Waals surface area contributed by atoms with E-state index in [1.807, 2.05) is 19.2 Å². The summed E-state index contributed by atoms with van der Waals surface area (Å²) >= 11 is 0. The van der Waals surface area contributed by atoms with Crippen LogP contribution in [0.2, 0.25) is 0 Å². The fourth-order valence-electron chi connectivity index (χ4n) is 1.83. The minimum Gasteiger partial charge on any atom is -0.489 e. The molecule has 2 aromatic carbocycles. The van der Waals surface area contributed by atoms with Gasteiger partial charge in [0.25, 0.3) is 0 Å². The normalized spacial score (nSPS) is 10.5. The number of aryl methyl sites for hydroxylation is 1. The van der Waals surface area contributed by atoms with Crippen LogP contribution in [0.5, 0.6) is 5.75 Å². The maximum Gasteiger partial charge on any atom is 0.126 e. The molecule has 19 heavy (non-hydrogen) atoms. The van der Waals surface area contributed by atoms with Crippen molar-refractivity contribution >= 4 is 0 Å². The van der Waals surface area contributed by atoms with E-state index in [4.69, 9.17) is 4.74 Å². The first-order valence-corrected chi connectivity index (χ1v) is 6.30.